The standard InChI is InChI=1S/C12H24O2/c1-4-7-10-14-12(13)11(8-5-2)9-6-3/h11H,4-10H2,1-3H3. The van der Waals surface area contributed by atoms with Crippen LogP contribution in [0.25, 0.3) is 0 Å². The van der Waals surface area contributed by atoms with E-state index in [1.807, 2.05) is 0 Å². The van der Waals surface area contributed by atoms with Gasteiger partial charge in [-0.25, -0.2) is 0 Å². The van der Waals surface area contributed by atoms with Crippen LogP contribution in [0, 0.1) is 5.92 Å². The maximum atomic E-state index is 11.6. The van der Waals surface area contributed by atoms with Crippen LogP contribution in [0.2, 0.25) is 0 Å². The summed E-state index contributed by atoms with van der Waals surface area (Å²) < 4.78 is 5.21. The van der Waals surface area contributed by atoms with E-state index < -0.39 is 0 Å². The molecule has 0 aliphatic heterocycles. The van der Waals surface area contributed by atoms with Crippen molar-refractivity contribution in [2.75, 3.05) is 6.61 Å². The van der Waals surface area contributed by atoms with Crippen molar-refractivity contribution in [2.24, 2.45) is 5.92 Å². The van der Waals surface area contributed by atoms with Crippen LogP contribution in [0.1, 0.15) is 59.3 Å². The first-order valence-corrected chi connectivity index (χ1v) is 5.92. The first-order chi connectivity index (χ1) is 6.76. The zero-order valence-electron chi connectivity index (χ0n) is 9.84. The van der Waals surface area contributed by atoms with Gasteiger partial charge >= 0.3 is 5.97 Å². The topological polar surface area (TPSA) is 26.3 Å². The predicted molar refractivity (Wildman–Crippen MR) is 59.2 cm³/mol. The fraction of sp³-hybridized carbons (Fsp3) is 0.917. The summed E-state index contributed by atoms with van der Waals surface area (Å²) in [4.78, 5) is 11.6. The molecule has 0 unspecified atom stereocenters. The van der Waals surface area contributed by atoms with Gasteiger partial charge in [0.25, 0.3) is 0 Å². The van der Waals surface area contributed by atoms with E-state index in [1.165, 1.54) is 0 Å². The Hall–Kier alpha value is -0.530. The van der Waals surface area contributed by atoms with E-state index >= 15 is 0 Å². The van der Waals surface area contributed by atoms with Crippen molar-refractivity contribution in [3.05, 3.63) is 0 Å². The summed E-state index contributed by atoms with van der Waals surface area (Å²) in [5.74, 6) is 0.156. The van der Waals surface area contributed by atoms with Crippen LogP contribution in [0.4, 0.5) is 0 Å². The number of ether oxygens (including phenoxy) is 1. The van der Waals surface area contributed by atoms with Crippen molar-refractivity contribution < 1.29 is 9.53 Å². The first-order valence-electron chi connectivity index (χ1n) is 5.92. The van der Waals surface area contributed by atoms with Crippen molar-refractivity contribution in [3.63, 3.8) is 0 Å². The lowest BCUT2D eigenvalue weighted by atomic mass is 9.99. The van der Waals surface area contributed by atoms with Gasteiger partial charge in [-0.05, 0) is 19.3 Å². The van der Waals surface area contributed by atoms with Gasteiger partial charge in [-0.2, -0.15) is 0 Å². The molecule has 0 aliphatic carbocycles. The molecular weight excluding hydrogens is 176 g/mol. The minimum Gasteiger partial charge on any atom is -0.465 e. The van der Waals surface area contributed by atoms with Crippen LogP contribution in [0.5, 0.6) is 0 Å². The lowest BCUT2D eigenvalue weighted by molar-refractivity contribution is -0.149. The molecule has 2 heteroatoms. The molecule has 0 rings (SSSR count). The Morgan fingerprint density at radius 1 is 1.07 bits per heavy atom. The molecule has 0 heterocycles. The molecule has 14 heavy (non-hydrogen) atoms. The second-order valence-corrected chi connectivity index (χ2v) is 3.80. The van der Waals surface area contributed by atoms with Gasteiger partial charge in [0, 0.05) is 0 Å². The number of rotatable bonds is 8. The van der Waals surface area contributed by atoms with Crippen LogP contribution in [0.3, 0.4) is 0 Å². The average molecular weight is 200 g/mol. The summed E-state index contributed by atoms with van der Waals surface area (Å²) in [5, 5.41) is 0. The quantitative estimate of drug-likeness (QED) is 0.442. The zero-order chi connectivity index (χ0) is 10.8. The highest BCUT2D eigenvalue weighted by Crippen LogP contribution is 2.15. The van der Waals surface area contributed by atoms with Crippen LogP contribution < -0.4 is 0 Å². The maximum Gasteiger partial charge on any atom is 0.308 e. The van der Waals surface area contributed by atoms with E-state index in [0.717, 1.165) is 38.5 Å². The molecule has 0 spiro atoms. The van der Waals surface area contributed by atoms with Gasteiger partial charge in [-0.1, -0.05) is 40.0 Å². The molecule has 2 nitrogen and oxygen atoms in total. The summed E-state index contributed by atoms with van der Waals surface area (Å²) in [6.45, 7) is 6.92. The average Bonchev–Trinajstić information content (AvgIpc) is 2.18. The minimum atomic E-state index is 0.0159. The number of carbonyl (C=O) groups is 1. The zero-order valence-corrected chi connectivity index (χ0v) is 9.84. The summed E-state index contributed by atoms with van der Waals surface area (Å²) in [5.41, 5.74) is 0. The fourth-order valence-electron chi connectivity index (χ4n) is 1.51. The van der Waals surface area contributed by atoms with Crippen LogP contribution in [-0.2, 0) is 9.53 Å². The number of esters is 1. The third-order valence-corrected chi connectivity index (χ3v) is 2.35. The first kappa shape index (κ1) is 13.5. The number of hydrogen-bond donors (Lipinski definition) is 0. The fourth-order valence-corrected chi connectivity index (χ4v) is 1.51. The highest BCUT2D eigenvalue weighted by atomic mass is 16.5. The smallest absolute Gasteiger partial charge is 0.308 e. The monoisotopic (exact) mass is 200 g/mol. The Balaban J connectivity index is 3.76. The van der Waals surface area contributed by atoms with Gasteiger partial charge in [0.05, 0.1) is 12.5 Å². The van der Waals surface area contributed by atoms with Crippen molar-refractivity contribution in [1.29, 1.82) is 0 Å². The van der Waals surface area contributed by atoms with Crippen molar-refractivity contribution in [3.8, 4) is 0 Å². The number of carbonyl (C=O) groups excluding carboxylic acids is 1. The summed E-state index contributed by atoms with van der Waals surface area (Å²) in [6, 6.07) is 0. The van der Waals surface area contributed by atoms with Crippen molar-refractivity contribution in [1.82, 2.24) is 0 Å². The lowest BCUT2D eigenvalue weighted by Gasteiger charge is -2.13. The Morgan fingerprint density at radius 2 is 1.64 bits per heavy atom. The Morgan fingerprint density at radius 3 is 2.07 bits per heavy atom. The Labute approximate surface area is 88.0 Å². The normalized spacial score (nSPS) is 10.6. The molecule has 0 amide bonds. The Kier molecular flexibility index (Phi) is 8.70. The molecule has 0 radical (unpaired) electrons. The molecule has 0 aromatic carbocycles. The van der Waals surface area contributed by atoms with E-state index in [9.17, 15) is 4.79 Å². The minimum absolute atomic E-state index is 0.0159. The van der Waals surface area contributed by atoms with Crippen LogP contribution in [-0.4, -0.2) is 12.6 Å². The molecule has 0 fully saturated rings. The van der Waals surface area contributed by atoms with Gasteiger partial charge in [0.15, 0.2) is 0 Å². The van der Waals surface area contributed by atoms with E-state index in [4.69, 9.17) is 4.74 Å². The number of unbranched alkanes of at least 4 members (excludes halogenated alkanes) is 1. The van der Waals surface area contributed by atoms with Gasteiger partial charge in [0.1, 0.15) is 0 Å². The van der Waals surface area contributed by atoms with Gasteiger partial charge in [0.2, 0.25) is 0 Å². The second kappa shape index (κ2) is 9.04. The SMILES string of the molecule is CCCCOC(=O)C(CCC)CCC. The predicted octanol–water partition coefficient (Wildman–Crippen LogP) is 3.55. The molecule has 0 bridgehead atoms. The van der Waals surface area contributed by atoms with E-state index in [2.05, 4.69) is 20.8 Å². The largest absolute Gasteiger partial charge is 0.465 e. The van der Waals surface area contributed by atoms with Gasteiger partial charge < -0.3 is 4.74 Å². The highest BCUT2D eigenvalue weighted by Gasteiger charge is 2.17. The summed E-state index contributed by atoms with van der Waals surface area (Å²) in [6.07, 6.45) is 6.13. The molecule has 0 saturated heterocycles. The third kappa shape index (κ3) is 6.01. The third-order valence-electron chi connectivity index (χ3n) is 2.35. The van der Waals surface area contributed by atoms with Gasteiger partial charge in [-0.3, -0.25) is 4.79 Å². The van der Waals surface area contributed by atoms with Gasteiger partial charge in [-0.15, -0.1) is 0 Å². The molecule has 0 N–H and O–H groups in total. The summed E-state index contributed by atoms with van der Waals surface area (Å²) in [7, 11) is 0. The molecule has 0 saturated carbocycles. The van der Waals surface area contributed by atoms with Crippen molar-refractivity contribution >= 4 is 5.97 Å². The molecular formula is C12H24O2. The number of hydrogen-bond acceptors (Lipinski definition) is 2. The summed E-state index contributed by atoms with van der Waals surface area (Å²) >= 11 is 0. The molecule has 84 valence electrons. The molecule has 0 aromatic rings. The lowest BCUT2D eigenvalue weighted by Crippen LogP contribution is -2.18. The highest BCUT2D eigenvalue weighted by molar-refractivity contribution is 5.72. The van der Waals surface area contributed by atoms with E-state index in [0.29, 0.717) is 6.61 Å². The second-order valence-electron chi connectivity index (χ2n) is 3.80. The van der Waals surface area contributed by atoms with Crippen molar-refractivity contribution in [2.45, 2.75) is 59.3 Å². The maximum absolute atomic E-state index is 11.6. The Bertz CT molecular complexity index is 137. The molecule has 0 aliphatic rings. The molecule has 0 atom stereocenters. The molecule has 0 aromatic heterocycles. The van der Waals surface area contributed by atoms with Crippen LogP contribution in [0.15, 0.2) is 0 Å². The van der Waals surface area contributed by atoms with E-state index in [1.54, 1.807) is 0 Å². The van der Waals surface area contributed by atoms with E-state index in [-0.39, 0.29) is 11.9 Å². The van der Waals surface area contributed by atoms with Crippen LogP contribution >= 0.6 is 0 Å².